The Morgan fingerprint density at radius 3 is 2.16 bits per heavy atom. The molecule has 5 aromatic carbocycles. The lowest BCUT2D eigenvalue weighted by atomic mass is 10.0. The number of nitrogens with zero attached hydrogens (tertiary/aromatic N) is 3. The maximum absolute atomic E-state index is 4.49. The number of hydrogen-bond donors (Lipinski definition) is 0. The van der Waals surface area contributed by atoms with Gasteiger partial charge in [-0.2, -0.15) is 0 Å². The second-order valence-corrected chi connectivity index (χ2v) is 9.73. The summed E-state index contributed by atoms with van der Waals surface area (Å²) in [6, 6.07) is 45.5. The number of aromatic nitrogens is 3. The van der Waals surface area contributed by atoms with Crippen molar-refractivity contribution < 1.29 is 0 Å². The molecule has 0 bridgehead atoms. The summed E-state index contributed by atoms with van der Waals surface area (Å²) in [5.74, 6) is 0. The van der Waals surface area contributed by atoms with E-state index in [4.69, 9.17) is 0 Å². The van der Waals surface area contributed by atoms with Crippen molar-refractivity contribution in [2.75, 3.05) is 0 Å². The van der Waals surface area contributed by atoms with Crippen molar-refractivity contribution in [3.63, 3.8) is 0 Å². The first-order valence-corrected chi connectivity index (χ1v) is 12.9. The molecule has 3 nitrogen and oxygen atoms in total. The minimum absolute atomic E-state index is 0.986. The lowest BCUT2D eigenvalue weighted by molar-refractivity contribution is 1.13. The van der Waals surface area contributed by atoms with Crippen molar-refractivity contribution in [2.45, 2.75) is 0 Å². The maximum atomic E-state index is 4.49. The number of rotatable bonds is 3. The van der Waals surface area contributed by atoms with Crippen molar-refractivity contribution in [1.29, 1.82) is 0 Å². The Labute approximate surface area is 219 Å². The van der Waals surface area contributed by atoms with E-state index in [1.165, 1.54) is 49.2 Å². The van der Waals surface area contributed by atoms with Gasteiger partial charge in [0.25, 0.3) is 0 Å². The Morgan fingerprint density at radius 2 is 1.32 bits per heavy atom. The van der Waals surface area contributed by atoms with Crippen molar-refractivity contribution in [3.8, 4) is 22.6 Å². The van der Waals surface area contributed by atoms with E-state index < -0.39 is 0 Å². The fourth-order valence-corrected chi connectivity index (χ4v) is 5.81. The van der Waals surface area contributed by atoms with E-state index in [2.05, 4.69) is 130 Å². The predicted molar refractivity (Wildman–Crippen MR) is 158 cm³/mol. The molecule has 0 N–H and O–H groups in total. The highest BCUT2D eigenvalue weighted by Gasteiger charge is 2.16. The highest BCUT2D eigenvalue weighted by Crippen LogP contribution is 2.38. The van der Waals surface area contributed by atoms with Gasteiger partial charge in [0.05, 0.1) is 22.2 Å². The number of benzene rings is 5. The minimum atomic E-state index is 0.986. The monoisotopic (exact) mass is 485 g/mol. The molecule has 0 amide bonds. The molecule has 0 fully saturated rings. The molecule has 0 unspecified atom stereocenters. The van der Waals surface area contributed by atoms with E-state index in [0.717, 1.165) is 16.9 Å². The van der Waals surface area contributed by atoms with Gasteiger partial charge in [-0.05, 0) is 66.0 Å². The molecular weight excluding hydrogens is 462 g/mol. The average molecular weight is 486 g/mol. The third kappa shape index (κ3) is 3.12. The Balaban J connectivity index is 1.35. The summed E-state index contributed by atoms with van der Waals surface area (Å²) in [7, 11) is 0. The van der Waals surface area contributed by atoms with E-state index >= 15 is 0 Å². The first-order valence-electron chi connectivity index (χ1n) is 12.9. The third-order valence-electron chi connectivity index (χ3n) is 7.58. The normalized spacial score (nSPS) is 11.7. The maximum Gasteiger partial charge on any atom is 0.0701 e. The van der Waals surface area contributed by atoms with Crippen LogP contribution in [-0.4, -0.2) is 14.1 Å². The van der Waals surface area contributed by atoms with Gasteiger partial charge in [0, 0.05) is 50.9 Å². The largest absolute Gasteiger partial charge is 0.317 e. The summed E-state index contributed by atoms with van der Waals surface area (Å²) in [5, 5.41) is 6.27. The summed E-state index contributed by atoms with van der Waals surface area (Å²) in [6.45, 7) is 0. The van der Waals surface area contributed by atoms with Crippen LogP contribution >= 0.6 is 0 Å². The molecule has 3 heterocycles. The van der Waals surface area contributed by atoms with Gasteiger partial charge in [0.15, 0.2) is 0 Å². The summed E-state index contributed by atoms with van der Waals surface area (Å²) in [5.41, 5.74) is 8.10. The smallest absolute Gasteiger partial charge is 0.0701 e. The summed E-state index contributed by atoms with van der Waals surface area (Å²) >= 11 is 0. The zero-order valence-electron chi connectivity index (χ0n) is 20.6. The van der Waals surface area contributed by atoms with E-state index in [-0.39, 0.29) is 0 Å². The van der Waals surface area contributed by atoms with Gasteiger partial charge in [-0.25, -0.2) is 0 Å². The van der Waals surface area contributed by atoms with Gasteiger partial charge < -0.3 is 9.13 Å². The molecule has 0 atom stereocenters. The molecule has 0 aliphatic heterocycles. The molecule has 0 saturated heterocycles. The van der Waals surface area contributed by atoms with Crippen LogP contribution in [0.4, 0.5) is 0 Å². The van der Waals surface area contributed by atoms with E-state index in [1.807, 2.05) is 24.4 Å². The molecule has 0 aliphatic rings. The number of fused-ring (bicyclic) bond motifs is 6. The molecule has 0 spiro atoms. The molecule has 3 aromatic heterocycles. The first-order chi connectivity index (χ1) is 18.8. The molecule has 178 valence electrons. The van der Waals surface area contributed by atoms with Crippen LogP contribution in [0.3, 0.4) is 0 Å². The molecule has 0 saturated carbocycles. The van der Waals surface area contributed by atoms with Crippen molar-refractivity contribution in [3.05, 3.63) is 140 Å². The second-order valence-electron chi connectivity index (χ2n) is 9.73. The molecule has 0 radical (unpaired) electrons. The molecule has 0 aliphatic carbocycles. The van der Waals surface area contributed by atoms with Crippen molar-refractivity contribution in [1.82, 2.24) is 14.1 Å². The van der Waals surface area contributed by atoms with Crippen LogP contribution in [0.2, 0.25) is 0 Å². The average Bonchev–Trinajstić information content (AvgIpc) is 3.56. The van der Waals surface area contributed by atoms with Crippen molar-refractivity contribution in [2.24, 2.45) is 0 Å². The molecule has 3 heteroatoms. The lowest BCUT2D eigenvalue weighted by Gasteiger charge is -2.11. The predicted octanol–water partition coefficient (Wildman–Crippen LogP) is 8.94. The Kier molecular flexibility index (Phi) is 4.52. The van der Waals surface area contributed by atoms with Gasteiger partial charge in [-0.3, -0.25) is 4.98 Å². The van der Waals surface area contributed by atoms with Crippen LogP contribution in [0, 0.1) is 0 Å². The fraction of sp³-hybridized carbons (Fsp3) is 0. The Hall–Kier alpha value is -5.15. The number of para-hydroxylation sites is 2. The number of pyridine rings is 1. The van der Waals surface area contributed by atoms with Crippen LogP contribution in [0.1, 0.15) is 0 Å². The summed E-state index contributed by atoms with van der Waals surface area (Å²) in [4.78, 5) is 4.49. The summed E-state index contributed by atoms with van der Waals surface area (Å²) < 4.78 is 4.68. The zero-order valence-corrected chi connectivity index (χ0v) is 20.6. The second kappa shape index (κ2) is 8.19. The third-order valence-corrected chi connectivity index (χ3v) is 7.58. The van der Waals surface area contributed by atoms with Gasteiger partial charge in [0.2, 0.25) is 0 Å². The molecule has 38 heavy (non-hydrogen) atoms. The van der Waals surface area contributed by atoms with Crippen LogP contribution < -0.4 is 0 Å². The highest BCUT2D eigenvalue weighted by molar-refractivity contribution is 6.20. The molecule has 8 aromatic rings. The van der Waals surface area contributed by atoms with Crippen LogP contribution in [0.25, 0.3) is 66.1 Å². The fourth-order valence-electron chi connectivity index (χ4n) is 5.81. The Bertz CT molecular complexity index is 2100. The Morgan fingerprint density at radius 1 is 0.500 bits per heavy atom. The van der Waals surface area contributed by atoms with E-state index in [0.29, 0.717) is 0 Å². The zero-order chi connectivity index (χ0) is 25.1. The minimum Gasteiger partial charge on any atom is -0.317 e. The topological polar surface area (TPSA) is 22.8 Å². The lowest BCUT2D eigenvalue weighted by Crippen LogP contribution is -1.94. The quantitative estimate of drug-likeness (QED) is 0.245. The SMILES string of the molecule is c1ccc(-n2c3ccccc3c3ccc4cc5c(ccn5-c5ccc(-c6ccccn6)cc5)cc4c32)cc1. The van der Waals surface area contributed by atoms with Gasteiger partial charge in [-0.1, -0.05) is 66.7 Å². The van der Waals surface area contributed by atoms with Gasteiger partial charge in [0.1, 0.15) is 0 Å². The van der Waals surface area contributed by atoms with Gasteiger partial charge in [-0.15, -0.1) is 0 Å². The van der Waals surface area contributed by atoms with E-state index in [1.54, 1.807) is 0 Å². The van der Waals surface area contributed by atoms with Crippen LogP contribution in [0.15, 0.2) is 140 Å². The van der Waals surface area contributed by atoms with Gasteiger partial charge >= 0.3 is 0 Å². The first kappa shape index (κ1) is 21.0. The van der Waals surface area contributed by atoms with Crippen LogP contribution in [0.5, 0.6) is 0 Å². The van der Waals surface area contributed by atoms with Crippen molar-refractivity contribution >= 4 is 43.5 Å². The van der Waals surface area contributed by atoms with E-state index in [9.17, 15) is 0 Å². The molecule has 8 rings (SSSR count). The van der Waals surface area contributed by atoms with Crippen LogP contribution in [-0.2, 0) is 0 Å². The highest BCUT2D eigenvalue weighted by atomic mass is 15.0. The standard InChI is InChI=1S/C35H23N3/c1-2-8-28(9-3-1)38-33-12-5-4-10-29(33)30-18-15-25-23-34-26(22-31(25)35(30)38)19-21-37(34)27-16-13-24(14-17-27)32-11-6-7-20-36-32/h1-23H. The summed E-state index contributed by atoms with van der Waals surface area (Å²) in [6.07, 6.45) is 4.01. The number of hydrogen-bond acceptors (Lipinski definition) is 1. The molecular formula is C35H23N3.